The zero-order chi connectivity index (χ0) is 18.2. The van der Waals surface area contributed by atoms with Crippen molar-refractivity contribution in [1.82, 2.24) is 4.90 Å². The molecular weight excluding hydrogens is 373 g/mol. The summed E-state index contributed by atoms with van der Waals surface area (Å²) in [6.07, 6.45) is -0.332. The van der Waals surface area contributed by atoms with E-state index >= 15 is 0 Å². The Hall–Kier alpha value is -0.840. The molecule has 0 spiro atoms. The molecule has 1 atom stereocenters. The number of benzene rings is 1. The van der Waals surface area contributed by atoms with Crippen LogP contribution in [0.4, 0.5) is 4.79 Å². The van der Waals surface area contributed by atoms with Crippen LogP contribution in [0.3, 0.4) is 0 Å². The predicted octanol–water partition coefficient (Wildman–Crippen LogP) is 5.64. The van der Waals surface area contributed by atoms with Crippen molar-refractivity contribution >= 4 is 40.9 Å². The first-order chi connectivity index (χ1) is 11.0. The second-order valence-corrected chi connectivity index (χ2v) is 8.35. The molecule has 0 aromatic heterocycles. The van der Waals surface area contributed by atoms with Crippen LogP contribution < -0.4 is 4.74 Å². The Bertz CT molecular complexity index is 635. The SMILES string of the molecule is COc1c(C(C)Cl)cc(Cl)c(Cl)c1C1CN(C(=O)OC(C)(C)C)C1. The van der Waals surface area contributed by atoms with Crippen molar-refractivity contribution in [3.63, 3.8) is 0 Å². The van der Waals surface area contributed by atoms with Gasteiger partial charge in [-0.3, -0.25) is 0 Å². The van der Waals surface area contributed by atoms with Crippen molar-refractivity contribution < 1.29 is 14.3 Å². The lowest BCUT2D eigenvalue weighted by molar-refractivity contribution is 0.00800. The molecule has 0 radical (unpaired) electrons. The molecule has 0 aliphatic carbocycles. The van der Waals surface area contributed by atoms with Gasteiger partial charge in [0.25, 0.3) is 0 Å². The van der Waals surface area contributed by atoms with Gasteiger partial charge in [-0.25, -0.2) is 4.79 Å². The van der Waals surface area contributed by atoms with E-state index in [0.29, 0.717) is 28.9 Å². The van der Waals surface area contributed by atoms with E-state index in [-0.39, 0.29) is 17.4 Å². The third-order valence-electron chi connectivity index (χ3n) is 3.81. The number of hydrogen-bond donors (Lipinski definition) is 0. The van der Waals surface area contributed by atoms with Gasteiger partial charge >= 0.3 is 6.09 Å². The third-order valence-corrected chi connectivity index (χ3v) is 4.85. The lowest BCUT2D eigenvalue weighted by atomic mass is 9.89. The van der Waals surface area contributed by atoms with Gasteiger partial charge in [-0.05, 0) is 33.8 Å². The fourth-order valence-corrected chi connectivity index (χ4v) is 3.35. The number of nitrogens with zero attached hydrogens (tertiary/aromatic N) is 1. The van der Waals surface area contributed by atoms with Gasteiger partial charge in [0.2, 0.25) is 0 Å². The Morgan fingerprint density at radius 2 is 1.92 bits per heavy atom. The Morgan fingerprint density at radius 1 is 1.33 bits per heavy atom. The van der Waals surface area contributed by atoms with E-state index in [1.807, 2.05) is 27.7 Å². The summed E-state index contributed by atoms with van der Waals surface area (Å²) in [7, 11) is 1.58. The molecule has 1 aromatic rings. The molecule has 1 aromatic carbocycles. The van der Waals surface area contributed by atoms with E-state index in [2.05, 4.69) is 0 Å². The maximum absolute atomic E-state index is 12.1. The van der Waals surface area contributed by atoms with Gasteiger partial charge in [0.1, 0.15) is 11.4 Å². The van der Waals surface area contributed by atoms with Crippen molar-refractivity contribution in [2.45, 2.75) is 44.6 Å². The average Bonchev–Trinajstić information content (AvgIpc) is 2.39. The van der Waals surface area contributed by atoms with Crippen LogP contribution in [0.2, 0.25) is 10.0 Å². The molecule has 1 heterocycles. The minimum Gasteiger partial charge on any atom is -0.496 e. The number of ether oxygens (including phenoxy) is 2. The Morgan fingerprint density at radius 3 is 2.38 bits per heavy atom. The Balaban J connectivity index is 2.24. The summed E-state index contributed by atoms with van der Waals surface area (Å²) >= 11 is 18.9. The zero-order valence-corrected chi connectivity index (χ0v) is 16.7. The number of alkyl halides is 1. The fraction of sp³-hybridized carbons (Fsp3) is 0.588. The summed E-state index contributed by atoms with van der Waals surface area (Å²) in [5.41, 5.74) is 1.07. The van der Waals surface area contributed by atoms with Crippen LogP contribution in [0.1, 0.15) is 50.1 Å². The van der Waals surface area contributed by atoms with E-state index < -0.39 is 5.60 Å². The number of methoxy groups -OCH3 is 1. The van der Waals surface area contributed by atoms with Gasteiger partial charge in [-0.15, -0.1) is 11.6 Å². The van der Waals surface area contributed by atoms with Crippen molar-refractivity contribution in [2.24, 2.45) is 0 Å². The lowest BCUT2D eigenvalue weighted by Crippen LogP contribution is -2.50. The first-order valence-electron chi connectivity index (χ1n) is 7.73. The molecule has 0 N–H and O–H groups in total. The van der Waals surface area contributed by atoms with E-state index in [1.165, 1.54) is 0 Å². The lowest BCUT2D eigenvalue weighted by Gasteiger charge is -2.41. The number of carbonyl (C=O) groups excluding carboxylic acids is 1. The van der Waals surface area contributed by atoms with Crippen molar-refractivity contribution in [1.29, 1.82) is 0 Å². The van der Waals surface area contributed by atoms with E-state index in [0.717, 1.165) is 11.1 Å². The Kier molecular flexibility index (Phi) is 5.83. The number of hydrogen-bond acceptors (Lipinski definition) is 3. The number of likely N-dealkylation sites (tertiary alicyclic amines) is 1. The molecule has 2 rings (SSSR count). The molecule has 0 saturated carbocycles. The highest BCUT2D eigenvalue weighted by atomic mass is 35.5. The summed E-state index contributed by atoms with van der Waals surface area (Å²) in [4.78, 5) is 13.7. The normalized spacial score (nSPS) is 16.6. The molecular formula is C17H22Cl3NO3. The first kappa shape index (κ1) is 19.5. The number of amides is 1. The minimum absolute atomic E-state index is 0.0350. The molecule has 1 aliphatic rings. The van der Waals surface area contributed by atoms with Crippen LogP contribution in [0, 0.1) is 0 Å². The summed E-state index contributed by atoms with van der Waals surface area (Å²) in [6.45, 7) is 8.37. The van der Waals surface area contributed by atoms with Gasteiger partial charge in [0, 0.05) is 30.1 Å². The highest BCUT2D eigenvalue weighted by Gasteiger charge is 2.38. The average molecular weight is 395 g/mol. The molecule has 4 nitrogen and oxygen atoms in total. The van der Waals surface area contributed by atoms with Gasteiger partial charge < -0.3 is 14.4 Å². The van der Waals surface area contributed by atoms with Gasteiger partial charge in [-0.1, -0.05) is 23.2 Å². The zero-order valence-electron chi connectivity index (χ0n) is 14.5. The van der Waals surface area contributed by atoms with Crippen LogP contribution >= 0.6 is 34.8 Å². The Labute approximate surface area is 157 Å². The highest BCUT2D eigenvalue weighted by Crippen LogP contribution is 2.46. The van der Waals surface area contributed by atoms with Gasteiger partial charge in [0.05, 0.1) is 22.5 Å². The molecule has 1 fully saturated rings. The monoisotopic (exact) mass is 393 g/mol. The number of carbonyl (C=O) groups is 1. The van der Waals surface area contributed by atoms with E-state index in [9.17, 15) is 4.79 Å². The smallest absolute Gasteiger partial charge is 0.410 e. The maximum atomic E-state index is 12.1. The topological polar surface area (TPSA) is 38.8 Å². The molecule has 1 amide bonds. The van der Waals surface area contributed by atoms with Gasteiger partial charge in [0.15, 0.2) is 0 Å². The van der Waals surface area contributed by atoms with Crippen LogP contribution in [0.5, 0.6) is 5.75 Å². The molecule has 7 heteroatoms. The molecule has 134 valence electrons. The molecule has 1 aliphatic heterocycles. The summed E-state index contributed by atoms with van der Waals surface area (Å²) in [5.74, 6) is 0.675. The quantitative estimate of drug-likeness (QED) is 0.623. The van der Waals surface area contributed by atoms with Crippen LogP contribution in [0.15, 0.2) is 6.07 Å². The summed E-state index contributed by atoms with van der Waals surface area (Å²) in [6, 6.07) is 1.73. The largest absolute Gasteiger partial charge is 0.496 e. The first-order valence-corrected chi connectivity index (χ1v) is 8.92. The molecule has 24 heavy (non-hydrogen) atoms. The third kappa shape index (κ3) is 4.04. The standard InChI is InChI=1S/C17H22Cl3NO3/c1-9(18)11-6-12(19)14(20)13(15(11)23-5)10-7-21(8-10)16(22)24-17(2,3)4/h6,9-10H,7-8H2,1-5H3. The second-order valence-electron chi connectivity index (χ2n) is 6.91. The van der Waals surface area contributed by atoms with Crippen molar-refractivity contribution in [3.05, 3.63) is 27.2 Å². The minimum atomic E-state index is -0.519. The predicted molar refractivity (Wildman–Crippen MR) is 97.8 cm³/mol. The highest BCUT2D eigenvalue weighted by molar-refractivity contribution is 6.42. The summed E-state index contributed by atoms with van der Waals surface area (Å²) in [5, 5.41) is 0.615. The van der Waals surface area contributed by atoms with Crippen LogP contribution in [-0.2, 0) is 4.74 Å². The van der Waals surface area contributed by atoms with Crippen molar-refractivity contribution in [3.8, 4) is 5.75 Å². The maximum Gasteiger partial charge on any atom is 0.410 e. The molecule has 0 bridgehead atoms. The summed E-state index contributed by atoms with van der Waals surface area (Å²) < 4.78 is 10.9. The van der Waals surface area contributed by atoms with Crippen molar-refractivity contribution in [2.75, 3.05) is 20.2 Å². The van der Waals surface area contributed by atoms with Gasteiger partial charge in [-0.2, -0.15) is 0 Å². The second kappa shape index (κ2) is 7.19. The van der Waals surface area contributed by atoms with E-state index in [1.54, 1.807) is 18.1 Å². The van der Waals surface area contributed by atoms with Crippen LogP contribution in [-0.4, -0.2) is 36.8 Å². The van der Waals surface area contributed by atoms with E-state index in [4.69, 9.17) is 44.3 Å². The number of rotatable bonds is 3. The van der Waals surface area contributed by atoms with Crippen LogP contribution in [0.25, 0.3) is 0 Å². The fourth-order valence-electron chi connectivity index (χ4n) is 2.67. The molecule has 1 unspecified atom stereocenters. The molecule has 1 saturated heterocycles. The number of halogens is 3.